The van der Waals surface area contributed by atoms with Crippen LogP contribution in [0.4, 0.5) is 0 Å². The van der Waals surface area contributed by atoms with Crippen LogP contribution in [0.1, 0.15) is 18.9 Å². The lowest BCUT2D eigenvalue weighted by atomic mass is 10.1. The minimum atomic E-state index is 0.492. The van der Waals surface area contributed by atoms with Gasteiger partial charge in [-0.1, -0.05) is 11.6 Å². The Morgan fingerprint density at radius 3 is 3.17 bits per heavy atom. The summed E-state index contributed by atoms with van der Waals surface area (Å²) in [5.74, 6) is 0. The van der Waals surface area contributed by atoms with Gasteiger partial charge in [0.1, 0.15) is 0 Å². The van der Waals surface area contributed by atoms with Crippen LogP contribution in [0.3, 0.4) is 0 Å². The van der Waals surface area contributed by atoms with Crippen molar-refractivity contribution in [2.45, 2.75) is 18.9 Å². The van der Waals surface area contributed by atoms with Crippen LogP contribution in [0.5, 0.6) is 0 Å². The molecule has 2 rings (SSSR count). The summed E-state index contributed by atoms with van der Waals surface area (Å²) in [6.45, 7) is 2.14. The Kier molecular flexibility index (Phi) is 2.33. The summed E-state index contributed by atoms with van der Waals surface area (Å²) >= 11 is 5.78. The molecule has 1 fully saturated rings. The molecule has 66 valence electrons. The number of aromatic nitrogens is 2. The third kappa shape index (κ3) is 1.62. The third-order valence-corrected chi connectivity index (χ3v) is 2.41. The van der Waals surface area contributed by atoms with E-state index in [4.69, 9.17) is 11.6 Å². The van der Waals surface area contributed by atoms with Crippen molar-refractivity contribution < 1.29 is 0 Å². The second-order valence-electron chi connectivity index (χ2n) is 3.14. The van der Waals surface area contributed by atoms with Gasteiger partial charge in [0.05, 0.1) is 17.3 Å². The molecule has 1 atom stereocenters. The Bertz CT molecular complexity index is 253. The lowest BCUT2D eigenvalue weighted by Crippen LogP contribution is -2.31. The zero-order chi connectivity index (χ0) is 8.39. The van der Waals surface area contributed by atoms with Gasteiger partial charge in [-0.2, -0.15) is 5.10 Å². The van der Waals surface area contributed by atoms with E-state index in [2.05, 4.69) is 10.4 Å². The molecule has 1 aliphatic rings. The second-order valence-corrected chi connectivity index (χ2v) is 3.58. The molecule has 1 unspecified atom stereocenters. The Hall–Kier alpha value is -0.540. The smallest absolute Gasteiger partial charge is 0.0785 e. The standard InChI is InChI=1S/C8H12ClN3/c9-7-4-11-12(6-7)8-2-1-3-10-5-8/h4,6,8,10H,1-3,5H2. The van der Waals surface area contributed by atoms with Crippen molar-refractivity contribution >= 4 is 11.6 Å². The summed E-state index contributed by atoms with van der Waals surface area (Å²) in [5.41, 5.74) is 0. The normalized spacial score (nSPS) is 24.2. The first kappa shape index (κ1) is 8.08. The van der Waals surface area contributed by atoms with Crippen LogP contribution in [0.15, 0.2) is 12.4 Å². The summed E-state index contributed by atoms with van der Waals surface area (Å²) in [6.07, 6.45) is 6.00. The Labute approximate surface area is 76.7 Å². The fourth-order valence-corrected chi connectivity index (χ4v) is 1.72. The number of hydrogen-bond donors (Lipinski definition) is 1. The quantitative estimate of drug-likeness (QED) is 0.718. The van der Waals surface area contributed by atoms with Gasteiger partial charge < -0.3 is 5.32 Å². The number of piperidine rings is 1. The molecule has 1 saturated heterocycles. The van der Waals surface area contributed by atoms with E-state index in [9.17, 15) is 0 Å². The molecule has 1 aliphatic heterocycles. The van der Waals surface area contributed by atoms with Crippen molar-refractivity contribution in [2.24, 2.45) is 0 Å². The molecular weight excluding hydrogens is 174 g/mol. The largest absolute Gasteiger partial charge is 0.315 e. The molecule has 1 aromatic heterocycles. The maximum Gasteiger partial charge on any atom is 0.0785 e. The minimum Gasteiger partial charge on any atom is -0.315 e. The first-order valence-corrected chi connectivity index (χ1v) is 4.64. The van der Waals surface area contributed by atoms with E-state index in [1.165, 1.54) is 12.8 Å². The van der Waals surface area contributed by atoms with Gasteiger partial charge >= 0.3 is 0 Å². The highest BCUT2D eigenvalue weighted by atomic mass is 35.5. The third-order valence-electron chi connectivity index (χ3n) is 2.21. The zero-order valence-corrected chi connectivity index (χ0v) is 7.59. The van der Waals surface area contributed by atoms with E-state index in [1.54, 1.807) is 6.20 Å². The van der Waals surface area contributed by atoms with E-state index in [0.29, 0.717) is 6.04 Å². The first-order chi connectivity index (χ1) is 5.86. The number of nitrogens with one attached hydrogen (secondary N) is 1. The van der Waals surface area contributed by atoms with Crippen LogP contribution in [0.2, 0.25) is 5.02 Å². The molecule has 12 heavy (non-hydrogen) atoms. The minimum absolute atomic E-state index is 0.492. The van der Waals surface area contributed by atoms with Crippen LogP contribution < -0.4 is 5.32 Å². The SMILES string of the molecule is Clc1cnn(C2CCCNC2)c1. The first-order valence-electron chi connectivity index (χ1n) is 4.26. The van der Waals surface area contributed by atoms with Gasteiger partial charge in [-0.05, 0) is 19.4 Å². The van der Waals surface area contributed by atoms with Gasteiger partial charge in [0, 0.05) is 12.7 Å². The topological polar surface area (TPSA) is 29.9 Å². The van der Waals surface area contributed by atoms with E-state index in [1.807, 2.05) is 10.9 Å². The summed E-state index contributed by atoms with van der Waals surface area (Å²) in [6, 6.07) is 0.492. The molecule has 0 bridgehead atoms. The van der Waals surface area contributed by atoms with Crippen molar-refractivity contribution in [1.82, 2.24) is 15.1 Å². The van der Waals surface area contributed by atoms with Crippen LogP contribution in [0, 0.1) is 0 Å². The Morgan fingerprint density at radius 1 is 1.67 bits per heavy atom. The van der Waals surface area contributed by atoms with Gasteiger partial charge in [0.15, 0.2) is 0 Å². The lowest BCUT2D eigenvalue weighted by molar-refractivity contribution is 0.347. The maximum absolute atomic E-state index is 5.78. The second kappa shape index (κ2) is 3.46. The molecule has 1 aromatic rings. The highest BCUT2D eigenvalue weighted by Gasteiger charge is 2.14. The van der Waals surface area contributed by atoms with E-state index in [0.717, 1.165) is 18.1 Å². The molecule has 0 aliphatic carbocycles. The van der Waals surface area contributed by atoms with Crippen molar-refractivity contribution in [3.63, 3.8) is 0 Å². The summed E-state index contributed by atoms with van der Waals surface area (Å²) in [4.78, 5) is 0. The van der Waals surface area contributed by atoms with E-state index in [-0.39, 0.29) is 0 Å². The van der Waals surface area contributed by atoms with Gasteiger partial charge in [-0.25, -0.2) is 0 Å². The molecule has 0 saturated carbocycles. The molecule has 0 aromatic carbocycles. The van der Waals surface area contributed by atoms with Crippen molar-refractivity contribution in [2.75, 3.05) is 13.1 Å². The highest BCUT2D eigenvalue weighted by Crippen LogP contribution is 2.17. The van der Waals surface area contributed by atoms with Gasteiger partial charge in [0.2, 0.25) is 0 Å². The van der Waals surface area contributed by atoms with E-state index >= 15 is 0 Å². The average molecular weight is 186 g/mol. The molecule has 0 radical (unpaired) electrons. The van der Waals surface area contributed by atoms with Crippen molar-refractivity contribution in [1.29, 1.82) is 0 Å². The van der Waals surface area contributed by atoms with Crippen LogP contribution in [0.25, 0.3) is 0 Å². The molecule has 0 spiro atoms. The Balaban J connectivity index is 2.08. The maximum atomic E-state index is 5.78. The Morgan fingerprint density at radius 2 is 2.58 bits per heavy atom. The highest BCUT2D eigenvalue weighted by molar-refractivity contribution is 6.30. The molecule has 0 amide bonds. The van der Waals surface area contributed by atoms with Crippen LogP contribution in [-0.4, -0.2) is 22.9 Å². The molecule has 4 heteroatoms. The van der Waals surface area contributed by atoms with Crippen LogP contribution >= 0.6 is 11.6 Å². The zero-order valence-electron chi connectivity index (χ0n) is 6.83. The monoisotopic (exact) mass is 185 g/mol. The predicted molar refractivity (Wildman–Crippen MR) is 48.4 cm³/mol. The summed E-state index contributed by atoms with van der Waals surface area (Å²) < 4.78 is 1.95. The number of nitrogens with zero attached hydrogens (tertiary/aromatic N) is 2. The number of halogens is 1. The summed E-state index contributed by atoms with van der Waals surface area (Å²) in [7, 11) is 0. The van der Waals surface area contributed by atoms with E-state index < -0.39 is 0 Å². The fourth-order valence-electron chi connectivity index (χ4n) is 1.57. The van der Waals surface area contributed by atoms with Crippen LogP contribution in [-0.2, 0) is 0 Å². The number of rotatable bonds is 1. The fraction of sp³-hybridized carbons (Fsp3) is 0.625. The predicted octanol–water partition coefficient (Wildman–Crippen LogP) is 1.46. The molecular formula is C8H12ClN3. The molecule has 3 nitrogen and oxygen atoms in total. The number of hydrogen-bond acceptors (Lipinski definition) is 2. The average Bonchev–Trinajstić information content (AvgIpc) is 2.54. The molecule has 1 N–H and O–H groups in total. The van der Waals surface area contributed by atoms with Crippen molar-refractivity contribution in [3.8, 4) is 0 Å². The van der Waals surface area contributed by atoms with Gasteiger partial charge in [0.25, 0.3) is 0 Å². The summed E-state index contributed by atoms with van der Waals surface area (Å²) in [5, 5.41) is 8.25. The van der Waals surface area contributed by atoms with Gasteiger partial charge in [-0.15, -0.1) is 0 Å². The lowest BCUT2D eigenvalue weighted by Gasteiger charge is -2.22. The molecule has 2 heterocycles. The van der Waals surface area contributed by atoms with Gasteiger partial charge in [-0.3, -0.25) is 4.68 Å². The van der Waals surface area contributed by atoms with Crippen molar-refractivity contribution in [3.05, 3.63) is 17.4 Å².